The Bertz CT molecular complexity index is 887. The predicted octanol–water partition coefficient (Wildman–Crippen LogP) is 3.14. The molecule has 0 aliphatic rings. The maximum Gasteiger partial charge on any atom is 0.258 e. The minimum atomic E-state index is -0.251. The highest BCUT2D eigenvalue weighted by Gasteiger charge is 2.10. The molecule has 2 N–H and O–H groups in total. The van der Waals surface area contributed by atoms with Crippen LogP contribution in [0.25, 0.3) is 0 Å². The van der Waals surface area contributed by atoms with Gasteiger partial charge in [0.25, 0.3) is 5.91 Å². The van der Waals surface area contributed by atoms with Crippen molar-refractivity contribution >= 4 is 23.2 Å². The second-order valence-corrected chi connectivity index (χ2v) is 5.63. The average molecular weight is 334 g/mol. The first-order valence-electron chi connectivity index (χ1n) is 7.85. The molecule has 1 heterocycles. The Morgan fingerprint density at radius 2 is 1.72 bits per heavy atom. The Balaban J connectivity index is 1.67. The largest absolute Gasteiger partial charge is 0.326 e. The monoisotopic (exact) mass is 334 g/mol. The molecule has 6 heteroatoms. The second kappa shape index (κ2) is 7.44. The quantitative estimate of drug-likeness (QED) is 0.752. The first-order chi connectivity index (χ1) is 12.1. The van der Waals surface area contributed by atoms with Crippen molar-refractivity contribution < 1.29 is 9.59 Å². The molecule has 3 rings (SSSR count). The Labute approximate surface area is 145 Å². The molecule has 2 aromatic carbocycles. The summed E-state index contributed by atoms with van der Waals surface area (Å²) >= 11 is 0. The van der Waals surface area contributed by atoms with Crippen LogP contribution in [0.1, 0.15) is 22.8 Å². The summed E-state index contributed by atoms with van der Waals surface area (Å²) in [4.78, 5) is 23.5. The van der Waals surface area contributed by atoms with E-state index in [2.05, 4.69) is 15.7 Å². The number of amides is 2. The zero-order valence-electron chi connectivity index (χ0n) is 13.8. The molecule has 0 atom stereocenters. The minimum Gasteiger partial charge on any atom is -0.326 e. The summed E-state index contributed by atoms with van der Waals surface area (Å²) in [5.41, 5.74) is 2.82. The molecule has 0 fully saturated rings. The number of hydrogen-bond donors (Lipinski definition) is 2. The summed E-state index contributed by atoms with van der Waals surface area (Å²) < 4.78 is 1.72. The summed E-state index contributed by atoms with van der Waals surface area (Å²) in [6, 6.07) is 16.9. The van der Waals surface area contributed by atoms with Gasteiger partial charge in [-0.25, -0.2) is 0 Å². The zero-order valence-corrected chi connectivity index (χ0v) is 13.8. The van der Waals surface area contributed by atoms with E-state index in [9.17, 15) is 9.59 Å². The first-order valence-corrected chi connectivity index (χ1v) is 7.85. The van der Waals surface area contributed by atoms with Gasteiger partial charge < -0.3 is 10.6 Å². The van der Waals surface area contributed by atoms with Crippen LogP contribution in [0.5, 0.6) is 0 Å². The third-order valence-electron chi connectivity index (χ3n) is 3.52. The predicted molar refractivity (Wildman–Crippen MR) is 96.5 cm³/mol. The van der Waals surface area contributed by atoms with Gasteiger partial charge in [-0.15, -0.1) is 0 Å². The molecule has 25 heavy (non-hydrogen) atoms. The van der Waals surface area contributed by atoms with Gasteiger partial charge in [0.2, 0.25) is 5.91 Å². The Morgan fingerprint density at radius 3 is 2.44 bits per heavy atom. The number of hydrogen-bond acceptors (Lipinski definition) is 3. The lowest BCUT2D eigenvalue weighted by Crippen LogP contribution is -2.12. The summed E-state index contributed by atoms with van der Waals surface area (Å²) in [7, 11) is 0. The summed E-state index contributed by atoms with van der Waals surface area (Å²) in [6.45, 7) is 2.04. The molecule has 0 aliphatic carbocycles. The van der Waals surface area contributed by atoms with Crippen LogP contribution in [-0.2, 0) is 11.3 Å². The number of carbonyl (C=O) groups is 2. The van der Waals surface area contributed by atoms with Crippen LogP contribution in [0.4, 0.5) is 11.4 Å². The van der Waals surface area contributed by atoms with E-state index in [1.165, 1.54) is 13.1 Å². The molecule has 1 aromatic heterocycles. The van der Waals surface area contributed by atoms with Gasteiger partial charge >= 0.3 is 0 Å². The van der Waals surface area contributed by atoms with E-state index in [0.717, 1.165) is 5.56 Å². The van der Waals surface area contributed by atoms with E-state index in [0.29, 0.717) is 23.5 Å². The molecule has 0 bridgehead atoms. The Kier molecular flexibility index (Phi) is 4.89. The van der Waals surface area contributed by atoms with Crippen molar-refractivity contribution in [3.63, 3.8) is 0 Å². The highest BCUT2D eigenvalue weighted by Crippen LogP contribution is 2.16. The van der Waals surface area contributed by atoms with Crippen LogP contribution in [-0.4, -0.2) is 21.6 Å². The van der Waals surface area contributed by atoms with Gasteiger partial charge in [-0.2, -0.15) is 5.10 Å². The molecule has 126 valence electrons. The zero-order chi connectivity index (χ0) is 17.6. The number of carbonyl (C=O) groups excluding carboxylic acids is 2. The Morgan fingerprint density at radius 1 is 1.00 bits per heavy atom. The SMILES string of the molecule is CC(=O)Nc1cccc(NC(=O)c2cnn(Cc3ccccc3)c2)c1. The van der Waals surface area contributed by atoms with Crippen molar-refractivity contribution in [2.75, 3.05) is 10.6 Å². The van der Waals surface area contributed by atoms with E-state index >= 15 is 0 Å². The second-order valence-electron chi connectivity index (χ2n) is 5.63. The Hall–Kier alpha value is -3.41. The molecular weight excluding hydrogens is 316 g/mol. The molecule has 0 aliphatic heterocycles. The van der Waals surface area contributed by atoms with Gasteiger partial charge in [-0.1, -0.05) is 36.4 Å². The first kappa shape index (κ1) is 16.4. The van der Waals surface area contributed by atoms with Crippen LogP contribution in [0.2, 0.25) is 0 Å². The summed E-state index contributed by atoms with van der Waals surface area (Å²) in [5.74, 6) is -0.412. The smallest absolute Gasteiger partial charge is 0.258 e. The van der Waals surface area contributed by atoms with E-state index < -0.39 is 0 Å². The number of rotatable bonds is 5. The van der Waals surface area contributed by atoms with Crippen LogP contribution < -0.4 is 10.6 Å². The summed E-state index contributed by atoms with van der Waals surface area (Å²) in [5, 5.41) is 9.72. The highest BCUT2D eigenvalue weighted by atomic mass is 16.2. The molecule has 0 saturated carbocycles. The highest BCUT2D eigenvalue weighted by molar-refractivity contribution is 6.04. The van der Waals surface area contributed by atoms with Crippen molar-refractivity contribution in [1.29, 1.82) is 0 Å². The number of nitrogens with one attached hydrogen (secondary N) is 2. The maximum absolute atomic E-state index is 12.4. The van der Waals surface area contributed by atoms with E-state index in [-0.39, 0.29) is 11.8 Å². The average Bonchev–Trinajstić information content (AvgIpc) is 3.04. The number of anilines is 2. The lowest BCUT2D eigenvalue weighted by Gasteiger charge is -2.07. The lowest BCUT2D eigenvalue weighted by atomic mass is 10.2. The van der Waals surface area contributed by atoms with Crippen LogP contribution in [0, 0.1) is 0 Å². The molecule has 3 aromatic rings. The van der Waals surface area contributed by atoms with E-state index in [4.69, 9.17) is 0 Å². The number of nitrogens with zero attached hydrogens (tertiary/aromatic N) is 2. The third kappa shape index (κ3) is 4.54. The van der Waals surface area contributed by atoms with Crippen LogP contribution in [0.15, 0.2) is 67.0 Å². The van der Waals surface area contributed by atoms with Crippen molar-refractivity contribution in [1.82, 2.24) is 9.78 Å². The van der Waals surface area contributed by atoms with Gasteiger partial charge in [0, 0.05) is 24.5 Å². The fourth-order valence-corrected chi connectivity index (χ4v) is 2.42. The van der Waals surface area contributed by atoms with Crippen LogP contribution in [0.3, 0.4) is 0 Å². The van der Waals surface area contributed by atoms with Gasteiger partial charge in [-0.3, -0.25) is 14.3 Å². The van der Waals surface area contributed by atoms with Crippen LogP contribution >= 0.6 is 0 Å². The van der Waals surface area contributed by atoms with Crippen molar-refractivity contribution in [3.8, 4) is 0 Å². The van der Waals surface area contributed by atoms with Gasteiger partial charge in [-0.05, 0) is 23.8 Å². The lowest BCUT2D eigenvalue weighted by molar-refractivity contribution is -0.114. The van der Waals surface area contributed by atoms with Crippen molar-refractivity contribution in [3.05, 3.63) is 78.1 Å². The molecule has 0 saturated heterocycles. The van der Waals surface area contributed by atoms with Crippen molar-refractivity contribution in [2.45, 2.75) is 13.5 Å². The third-order valence-corrected chi connectivity index (χ3v) is 3.52. The molecule has 2 amide bonds. The van der Waals surface area contributed by atoms with E-state index in [1.807, 2.05) is 30.3 Å². The van der Waals surface area contributed by atoms with E-state index in [1.54, 1.807) is 35.1 Å². The normalized spacial score (nSPS) is 10.3. The molecule has 0 unspecified atom stereocenters. The van der Waals surface area contributed by atoms with Gasteiger partial charge in [0.1, 0.15) is 0 Å². The topological polar surface area (TPSA) is 76.0 Å². The fourth-order valence-electron chi connectivity index (χ4n) is 2.42. The molecule has 0 spiro atoms. The molecule has 0 radical (unpaired) electrons. The van der Waals surface area contributed by atoms with Crippen molar-refractivity contribution in [2.24, 2.45) is 0 Å². The number of benzene rings is 2. The number of aromatic nitrogens is 2. The van der Waals surface area contributed by atoms with Gasteiger partial charge in [0.15, 0.2) is 0 Å². The molecular formula is C19H18N4O2. The maximum atomic E-state index is 12.4. The fraction of sp³-hybridized carbons (Fsp3) is 0.105. The summed E-state index contributed by atoms with van der Waals surface area (Å²) in [6.07, 6.45) is 3.25. The van der Waals surface area contributed by atoms with Gasteiger partial charge in [0.05, 0.1) is 18.3 Å². The minimum absolute atomic E-state index is 0.161. The molecule has 6 nitrogen and oxygen atoms in total. The standard InChI is InChI=1S/C19H18N4O2/c1-14(24)21-17-8-5-9-18(10-17)22-19(25)16-11-20-23(13-16)12-15-6-3-2-4-7-15/h2-11,13H,12H2,1H3,(H,21,24)(H,22,25).